The SMILES string of the molecule is O=C(O[C@H](C(=O)Nc1ccc(Br)cc1)[C@@H](OC(=O)c1ccc(Cl)cc1)C(=O)O)c1ccc(Cl)cc1. The molecule has 0 spiro atoms. The van der Waals surface area contributed by atoms with Crippen LogP contribution in [-0.2, 0) is 19.1 Å². The van der Waals surface area contributed by atoms with E-state index in [2.05, 4.69) is 21.2 Å². The number of hydrogen-bond donors (Lipinski definition) is 2. The maximum atomic E-state index is 13.0. The van der Waals surface area contributed by atoms with Crippen molar-refractivity contribution < 1.29 is 33.8 Å². The van der Waals surface area contributed by atoms with Crippen molar-refractivity contribution in [3.8, 4) is 0 Å². The zero-order valence-corrected chi connectivity index (χ0v) is 20.7. The smallest absolute Gasteiger partial charge is 0.349 e. The minimum Gasteiger partial charge on any atom is -0.478 e. The summed E-state index contributed by atoms with van der Waals surface area (Å²) < 4.78 is 11.1. The third-order valence-corrected chi connectivity index (χ3v) is 5.55. The van der Waals surface area contributed by atoms with Crippen molar-refractivity contribution in [2.45, 2.75) is 12.2 Å². The fourth-order valence-electron chi connectivity index (χ4n) is 2.78. The number of carbonyl (C=O) groups excluding carboxylic acids is 3. The highest BCUT2D eigenvalue weighted by molar-refractivity contribution is 9.10. The number of hydrogen-bond acceptors (Lipinski definition) is 6. The molecule has 3 aromatic rings. The van der Waals surface area contributed by atoms with Gasteiger partial charge in [0, 0.05) is 20.2 Å². The van der Waals surface area contributed by atoms with Crippen LogP contribution in [0.25, 0.3) is 0 Å². The predicted molar refractivity (Wildman–Crippen MR) is 132 cm³/mol. The Balaban J connectivity index is 1.90. The Labute approximate surface area is 217 Å². The molecule has 0 aliphatic rings. The largest absolute Gasteiger partial charge is 0.478 e. The summed E-state index contributed by atoms with van der Waals surface area (Å²) in [5.74, 6) is -4.80. The highest BCUT2D eigenvalue weighted by Gasteiger charge is 2.41. The second kappa shape index (κ2) is 11.8. The first-order valence-corrected chi connectivity index (χ1v) is 11.4. The lowest BCUT2D eigenvalue weighted by Gasteiger charge is -2.23. The minimum atomic E-state index is -2.16. The summed E-state index contributed by atoms with van der Waals surface area (Å²) in [6.07, 6.45) is -4.19. The van der Waals surface area contributed by atoms with Crippen LogP contribution in [0.2, 0.25) is 10.0 Å². The van der Waals surface area contributed by atoms with Crippen molar-refractivity contribution >= 4 is 68.6 Å². The van der Waals surface area contributed by atoms with Crippen LogP contribution in [0.4, 0.5) is 5.69 Å². The number of nitrogens with one attached hydrogen (secondary N) is 1. The molecule has 180 valence electrons. The second-order valence-corrected chi connectivity index (χ2v) is 8.79. The molecule has 0 fully saturated rings. The Kier molecular flexibility index (Phi) is 8.86. The standard InChI is InChI=1S/C24H16BrCl2NO7/c25-15-5-11-18(12-6-15)28-21(29)19(34-23(32)13-1-7-16(26)8-2-13)20(22(30)31)35-24(33)14-3-9-17(27)10-4-14/h1-12,19-20H,(H,28,29)(H,30,31)/t19-,20+/m0/s1. The fourth-order valence-corrected chi connectivity index (χ4v) is 3.30. The van der Waals surface area contributed by atoms with Gasteiger partial charge in [-0.05, 0) is 72.8 Å². The van der Waals surface area contributed by atoms with Gasteiger partial charge in [0.2, 0.25) is 12.2 Å². The zero-order chi connectivity index (χ0) is 25.5. The highest BCUT2D eigenvalue weighted by Crippen LogP contribution is 2.19. The second-order valence-electron chi connectivity index (χ2n) is 7.00. The van der Waals surface area contributed by atoms with Crippen LogP contribution in [0.3, 0.4) is 0 Å². The summed E-state index contributed by atoms with van der Waals surface area (Å²) in [7, 11) is 0. The highest BCUT2D eigenvalue weighted by atomic mass is 79.9. The number of carboxylic acids is 1. The van der Waals surface area contributed by atoms with Gasteiger partial charge in [0.15, 0.2) is 0 Å². The molecule has 0 aromatic heterocycles. The first kappa shape index (κ1) is 26.2. The molecule has 1 amide bonds. The number of carboxylic acid groups (broad SMARTS) is 1. The molecule has 2 atom stereocenters. The molecular formula is C24H16BrCl2NO7. The first-order chi connectivity index (χ1) is 16.6. The van der Waals surface area contributed by atoms with E-state index < -0.39 is 36.0 Å². The van der Waals surface area contributed by atoms with Gasteiger partial charge in [-0.15, -0.1) is 0 Å². The molecule has 0 saturated carbocycles. The lowest BCUT2D eigenvalue weighted by Crippen LogP contribution is -2.48. The normalized spacial score (nSPS) is 12.2. The average Bonchev–Trinajstić information content (AvgIpc) is 2.83. The van der Waals surface area contributed by atoms with E-state index in [0.717, 1.165) is 4.47 Å². The summed E-state index contributed by atoms with van der Waals surface area (Å²) >= 11 is 14.9. The van der Waals surface area contributed by atoms with Gasteiger partial charge in [-0.25, -0.2) is 14.4 Å². The Morgan fingerprint density at radius 2 is 1.14 bits per heavy atom. The molecule has 2 N–H and O–H groups in total. The van der Waals surface area contributed by atoms with Crippen LogP contribution >= 0.6 is 39.1 Å². The molecule has 0 unspecified atom stereocenters. The van der Waals surface area contributed by atoms with Gasteiger partial charge in [0.1, 0.15) is 0 Å². The first-order valence-electron chi connectivity index (χ1n) is 9.86. The molecule has 8 nitrogen and oxygen atoms in total. The minimum absolute atomic E-state index is 0.00371. The molecule has 0 aliphatic heterocycles. The summed E-state index contributed by atoms with van der Waals surface area (Å²) in [6.45, 7) is 0. The topological polar surface area (TPSA) is 119 Å². The molecule has 0 radical (unpaired) electrons. The van der Waals surface area contributed by atoms with Gasteiger partial charge in [0.05, 0.1) is 11.1 Å². The maximum Gasteiger partial charge on any atom is 0.349 e. The third-order valence-electron chi connectivity index (χ3n) is 4.52. The molecule has 0 heterocycles. The van der Waals surface area contributed by atoms with Gasteiger partial charge in [-0.1, -0.05) is 39.1 Å². The lowest BCUT2D eigenvalue weighted by atomic mass is 10.1. The van der Waals surface area contributed by atoms with Crippen LogP contribution in [0, 0.1) is 0 Å². The van der Waals surface area contributed by atoms with E-state index in [1.807, 2.05) is 0 Å². The number of halogens is 3. The number of carbonyl (C=O) groups is 4. The van der Waals surface area contributed by atoms with Gasteiger partial charge in [-0.2, -0.15) is 0 Å². The molecule has 0 bridgehead atoms. The number of rotatable bonds is 8. The molecular weight excluding hydrogens is 565 g/mol. The van der Waals surface area contributed by atoms with Crippen LogP contribution in [0.1, 0.15) is 20.7 Å². The Morgan fingerprint density at radius 1 is 0.714 bits per heavy atom. The van der Waals surface area contributed by atoms with E-state index in [1.165, 1.54) is 60.7 Å². The Morgan fingerprint density at radius 3 is 1.57 bits per heavy atom. The summed E-state index contributed by atoms with van der Waals surface area (Å²) in [5.41, 5.74) is 0.277. The molecule has 11 heteroatoms. The Bertz CT molecular complexity index is 1230. The molecule has 0 aliphatic carbocycles. The van der Waals surface area contributed by atoms with Crippen molar-refractivity contribution in [1.82, 2.24) is 0 Å². The van der Waals surface area contributed by atoms with Crippen LogP contribution < -0.4 is 5.32 Å². The van der Waals surface area contributed by atoms with Crippen molar-refractivity contribution in [3.05, 3.63) is 98.4 Å². The van der Waals surface area contributed by atoms with E-state index >= 15 is 0 Å². The van der Waals surface area contributed by atoms with Crippen molar-refractivity contribution in [2.75, 3.05) is 5.32 Å². The quantitative estimate of drug-likeness (QED) is 0.350. The number of esters is 2. The van der Waals surface area contributed by atoms with Gasteiger partial charge in [0.25, 0.3) is 5.91 Å². The summed E-state index contributed by atoms with van der Waals surface area (Å²) in [6, 6.07) is 17.3. The number of ether oxygens (including phenoxy) is 2. The van der Waals surface area contributed by atoms with E-state index in [1.54, 1.807) is 12.1 Å². The lowest BCUT2D eigenvalue weighted by molar-refractivity contribution is -0.157. The van der Waals surface area contributed by atoms with Crippen molar-refractivity contribution in [2.24, 2.45) is 0 Å². The summed E-state index contributed by atoms with van der Waals surface area (Å²) in [5, 5.41) is 12.9. The van der Waals surface area contributed by atoms with Crippen LogP contribution in [0.15, 0.2) is 77.3 Å². The van der Waals surface area contributed by atoms with Gasteiger partial charge < -0.3 is 19.9 Å². The van der Waals surface area contributed by atoms with E-state index in [9.17, 15) is 24.3 Å². The fraction of sp³-hybridized carbons (Fsp3) is 0.0833. The Hall–Kier alpha value is -3.40. The van der Waals surface area contributed by atoms with Crippen LogP contribution in [0.5, 0.6) is 0 Å². The monoisotopic (exact) mass is 579 g/mol. The average molecular weight is 581 g/mol. The van der Waals surface area contributed by atoms with E-state index in [-0.39, 0.29) is 11.1 Å². The number of anilines is 1. The van der Waals surface area contributed by atoms with E-state index in [4.69, 9.17) is 32.7 Å². The third kappa shape index (κ3) is 7.29. The number of amides is 1. The predicted octanol–water partition coefficient (Wildman–Crippen LogP) is 5.23. The van der Waals surface area contributed by atoms with Crippen LogP contribution in [-0.4, -0.2) is 41.1 Å². The summed E-state index contributed by atoms with van der Waals surface area (Å²) in [4.78, 5) is 50.3. The maximum absolute atomic E-state index is 13.0. The zero-order valence-electron chi connectivity index (χ0n) is 17.6. The molecule has 0 saturated heterocycles. The van der Waals surface area contributed by atoms with Crippen molar-refractivity contribution in [1.29, 1.82) is 0 Å². The van der Waals surface area contributed by atoms with Gasteiger partial charge >= 0.3 is 17.9 Å². The van der Waals surface area contributed by atoms with Crippen molar-refractivity contribution in [3.63, 3.8) is 0 Å². The molecule has 35 heavy (non-hydrogen) atoms. The molecule has 3 aromatic carbocycles. The number of aliphatic carboxylic acids is 1. The van der Waals surface area contributed by atoms with E-state index in [0.29, 0.717) is 15.7 Å². The number of benzene rings is 3. The molecule has 3 rings (SSSR count). The van der Waals surface area contributed by atoms with Gasteiger partial charge in [-0.3, -0.25) is 4.79 Å².